The predicted octanol–water partition coefficient (Wildman–Crippen LogP) is 2.21. The Bertz CT molecular complexity index is 656. The second-order valence-corrected chi connectivity index (χ2v) is 12.1. The highest BCUT2D eigenvalue weighted by atomic mass is 35.5. The highest BCUT2D eigenvalue weighted by Gasteiger charge is 2.58. The molecule has 29 heavy (non-hydrogen) atoms. The van der Waals surface area contributed by atoms with Crippen LogP contribution in [-0.4, -0.2) is 44.2 Å². The van der Waals surface area contributed by atoms with Crippen molar-refractivity contribution in [2.24, 2.45) is 34.5 Å². The lowest BCUT2D eigenvalue weighted by molar-refractivity contribution is -0.862. The smallest absolute Gasteiger partial charge is 0.362 e. The van der Waals surface area contributed by atoms with Crippen LogP contribution in [0.5, 0.6) is 0 Å². The molecule has 4 aliphatic rings. The molecule has 4 saturated carbocycles. The first kappa shape index (κ1) is 23.1. The van der Waals surface area contributed by atoms with Gasteiger partial charge in [0, 0.05) is 0 Å². The molecule has 4 heteroatoms. The van der Waals surface area contributed by atoms with Crippen molar-refractivity contribution in [2.75, 3.05) is 27.7 Å². The van der Waals surface area contributed by atoms with Crippen LogP contribution >= 0.6 is 0 Å². The van der Waals surface area contributed by atoms with Gasteiger partial charge < -0.3 is 21.6 Å². The maximum absolute atomic E-state index is 12.3. The van der Waals surface area contributed by atoms with Crippen LogP contribution in [0.25, 0.3) is 0 Å². The quantitative estimate of drug-likeness (QED) is 0.395. The van der Waals surface area contributed by atoms with E-state index in [1.54, 1.807) is 0 Å². The Kier molecular flexibility index (Phi) is 6.27. The van der Waals surface area contributed by atoms with Gasteiger partial charge in [-0.3, -0.25) is 0 Å². The molecule has 0 aromatic heterocycles. The van der Waals surface area contributed by atoms with E-state index in [1.165, 1.54) is 50.5 Å². The third-order valence-electron chi connectivity index (χ3n) is 9.47. The molecular weight excluding hydrogens is 382 g/mol. The fourth-order valence-corrected chi connectivity index (χ4v) is 7.84. The minimum absolute atomic E-state index is 0. The summed E-state index contributed by atoms with van der Waals surface area (Å²) < 4.78 is 6.57. The highest BCUT2D eigenvalue weighted by molar-refractivity contribution is 5.70. The Hall–Kier alpha value is -0.540. The van der Waals surface area contributed by atoms with Crippen LogP contribution in [0.2, 0.25) is 0 Å². The lowest BCUT2D eigenvalue weighted by Crippen LogP contribution is -3.00. The molecule has 0 radical (unpaired) electrons. The van der Waals surface area contributed by atoms with Crippen molar-refractivity contribution < 1.29 is 26.4 Å². The van der Waals surface area contributed by atoms with Crippen LogP contribution in [0.15, 0.2) is 12.2 Å². The molecule has 0 aromatic rings. The monoisotopic (exact) mass is 423 g/mol. The predicted molar refractivity (Wildman–Crippen MR) is 114 cm³/mol. The second kappa shape index (κ2) is 7.86. The number of hydrogen-bond donors (Lipinski definition) is 0. The first-order valence-electron chi connectivity index (χ1n) is 11.7. The zero-order chi connectivity index (χ0) is 20.3. The molecule has 4 fully saturated rings. The number of nitrogens with zero attached hydrogens (tertiary/aromatic N) is 1. The lowest BCUT2D eigenvalue weighted by Gasteiger charge is -2.60. The zero-order valence-electron chi connectivity index (χ0n) is 19.3. The normalized spacial score (nSPS) is 44.2. The largest absolute Gasteiger partial charge is 1.00 e. The summed E-state index contributed by atoms with van der Waals surface area (Å²) in [5, 5.41) is 0. The Labute approximate surface area is 184 Å². The van der Waals surface area contributed by atoms with E-state index in [1.807, 2.05) is 0 Å². The number of esters is 1. The van der Waals surface area contributed by atoms with Gasteiger partial charge in [-0.25, -0.2) is 4.79 Å². The van der Waals surface area contributed by atoms with E-state index in [2.05, 4.69) is 41.6 Å². The first-order chi connectivity index (χ1) is 13.0. The number of allylic oxidation sites excluding steroid dienone is 1. The minimum Gasteiger partial charge on any atom is -1.00 e. The van der Waals surface area contributed by atoms with E-state index >= 15 is 0 Å². The molecule has 3 nitrogen and oxygen atoms in total. The standard InChI is InChI=1S/C25H42NO2.ClH/c1-17-7-10-21-20-9-8-18-15-19(28-23(27)16-26(4,5)6)11-13-25(18,3)22(20)12-14-24(17,21)2;/h18-22H,1,7-16H2,2-6H3;1H/q+1;/p-1/t18-,19-,20+,21+,22+,24-,25+;/m1./s1. The van der Waals surface area contributed by atoms with Crippen LogP contribution in [0.1, 0.15) is 71.6 Å². The van der Waals surface area contributed by atoms with Crippen molar-refractivity contribution in [1.82, 2.24) is 0 Å². The number of carbonyl (C=O) groups excluding carboxylic acids is 1. The van der Waals surface area contributed by atoms with Gasteiger partial charge in [0.15, 0.2) is 6.54 Å². The van der Waals surface area contributed by atoms with Gasteiger partial charge in [-0.05, 0) is 92.3 Å². The third-order valence-corrected chi connectivity index (χ3v) is 9.47. The number of fused-ring (bicyclic) bond motifs is 5. The summed E-state index contributed by atoms with van der Waals surface area (Å²) in [6, 6.07) is 0. The summed E-state index contributed by atoms with van der Waals surface area (Å²) >= 11 is 0. The van der Waals surface area contributed by atoms with Gasteiger partial charge in [-0.15, -0.1) is 0 Å². The molecule has 0 N–H and O–H groups in total. The number of quaternary nitrogens is 1. The van der Waals surface area contributed by atoms with Crippen LogP contribution in [0.3, 0.4) is 0 Å². The van der Waals surface area contributed by atoms with E-state index in [9.17, 15) is 4.79 Å². The molecule has 0 amide bonds. The summed E-state index contributed by atoms with van der Waals surface area (Å²) in [6.07, 6.45) is 11.6. The molecule has 4 aliphatic carbocycles. The molecule has 0 aromatic carbocycles. The number of halogens is 1. The third kappa shape index (κ3) is 4.03. The molecule has 0 saturated heterocycles. The Balaban J connectivity index is 0.00000240. The average Bonchev–Trinajstić information content (AvgIpc) is 2.89. The summed E-state index contributed by atoms with van der Waals surface area (Å²) in [5.41, 5.74) is 2.41. The van der Waals surface area contributed by atoms with Gasteiger partial charge in [0.1, 0.15) is 6.10 Å². The average molecular weight is 424 g/mol. The van der Waals surface area contributed by atoms with Crippen molar-refractivity contribution in [3.63, 3.8) is 0 Å². The number of carbonyl (C=O) groups is 1. The number of likely N-dealkylation sites (N-methyl/N-ethyl adjacent to an activating group) is 1. The molecule has 166 valence electrons. The van der Waals surface area contributed by atoms with E-state index < -0.39 is 0 Å². The summed E-state index contributed by atoms with van der Waals surface area (Å²) in [7, 11) is 6.15. The molecule has 0 heterocycles. The van der Waals surface area contributed by atoms with E-state index in [0.717, 1.165) is 36.5 Å². The maximum Gasteiger partial charge on any atom is 0.362 e. The molecule has 0 aliphatic heterocycles. The van der Waals surface area contributed by atoms with E-state index in [0.29, 0.717) is 21.9 Å². The minimum atomic E-state index is -0.0207. The number of hydrogen-bond acceptors (Lipinski definition) is 2. The first-order valence-corrected chi connectivity index (χ1v) is 11.7. The van der Waals surface area contributed by atoms with Crippen molar-refractivity contribution in [3.05, 3.63) is 12.2 Å². The van der Waals surface area contributed by atoms with Gasteiger partial charge in [-0.2, -0.15) is 0 Å². The van der Waals surface area contributed by atoms with E-state index in [4.69, 9.17) is 4.74 Å². The van der Waals surface area contributed by atoms with Crippen molar-refractivity contribution >= 4 is 5.97 Å². The van der Waals surface area contributed by atoms with Crippen LogP contribution in [0, 0.1) is 34.5 Å². The van der Waals surface area contributed by atoms with Gasteiger partial charge >= 0.3 is 5.97 Å². The van der Waals surface area contributed by atoms with Crippen LogP contribution in [0.4, 0.5) is 0 Å². The van der Waals surface area contributed by atoms with Crippen molar-refractivity contribution in [2.45, 2.75) is 77.7 Å². The zero-order valence-corrected chi connectivity index (χ0v) is 20.1. The molecule has 0 unspecified atom stereocenters. The van der Waals surface area contributed by atoms with Crippen LogP contribution in [-0.2, 0) is 9.53 Å². The maximum atomic E-state index is 12.3. The van der Waals surface area contributed by atoms with E-state index in [-0.39, 0.29) is 24.5 Å². The number of ether oxygens (including phenoxy) is 1. The van der Waals surface area contributed by atoms with Gasteiger partial charge in [0.25, 0.3) is 0 Å². The Morgan fingerprint density at radius 1 is 1.07 bits per heavy atom. The van der Waals surface area contributed by atoms with Crippen molar-refractivity contribution in [3.8, 4) is 0 Å². The molecule has 7 atom stereocenters. The lowest BCUT2D eigenvalue weighted by atomic mass is 9.45. The summed E-state index contributed by atoms with van der Waals surface area (Å²) in [5.74, 6) is 3.36. The Morgan fingerprint density at radius 3 is 2.48 bits per heavy atom. The van der Waals surface area contributed by atoms with Crippen LogP contribution < -0.4 is 12.4 Å². The second-order valence-electron chi connectivity index (χ2n) is 12.1. The number of rotatable bonds is 3. The molecule has 0 spiro atoms. The molecule has 4 rings (SSSR count). The van der Waals surface area contributed by atoms with Gasteiger partial charge in [0.2, 0.25) is 0 Å². The summed E-state index contributed by atoms with van der Waals surface area (Å²) in [6.45, 7) is 10.0. The summed E-state index contributed by atoms with van der Waals surface area (Å²) in [4.78, 5) is 12.3. The van der Waals surface area contributed by atoms with Gasteiger partial charge in [0.05, 0.1) is 21.1 Å². The fourth-order valence-electron chi connectivity index (χ4n) is 7.84. The SMILES string of the molecule is C=C1CC[C@H]2[C@@H]3CC[C@@H]4C[C@H](OC(=O)C[N+](C)(C)C)CC[C@]4(C)[C@H]3CC[C@]12C.[Cl-]. The molecule has 0 bridgehead atoms. The molecular formula is C25H42ClNO2. The van der Waals surface area contributed by atoms with Gasteiger partial charge in [-0.1, -0.05) is 26.0 Å². The fraction of sp³-hybridized carbons (Fsp3) is 0.880. The van der Waals surface area contributed by atoms with Crippen molar-refractivity contribution in [1.29, 1.82) is 0 Å². The highest BCUT2D eigenvalue weighted by Crippen LogP contribution is 2.67. The topological polar surface area (TPSA) is 26.3 Å². The Morgan fingerprint density at radius 2 is 1.79 bits per heavy atom.